The number of carboxylic acid groups (broad SMARTS) is 3. The fourth-order valence-corrected chi connectivity index (χ4v) is 2.69. The van der Waals surface area contributed by atoms with Gasteiger partial charge in [0.05, 0.1) is 0 Å². The molecular weight excluding hydrogens is 376 g/mol. The Labute approximate surface area is 157 Å². The molecule has 0 aliphatic rings. The minimum absolute atomic E-state index is 0.0259. The van der Waals surface area contributed by atoms with Crippen molar-refractivity contribution in [2.24, 2.45) is 0 Å². The van der Waals surface area contributed by atoms with Crippen LogP contribution < -0.4 is 0 Å². The van der Waals surface area contributed by atoms with Gasteiger partial charge in [-0.2, -0.15) is 0 Å². The maximum Gasteiger partial charge on any atom is 0.337 e. The van der Waals surface area contributed by atoms with Crippen LogP contribution in [0.25, 0.3) is 0 Å². The molecule has 148 valence electrons. The number of benzene rings is 2. The summed E-state index contributed by atoms with van der Waals surface area (Å²) in [5.74, 6) is -7.32. The van der Waals surface area contributed by atoms with Gasteiger partial charge in [-0.15, -0.1) is 0 Å². The van der Waals surface area contributed by atoms with Gasteiger partial charge in [0.25, 0.3) is 0 Å². The van der Waals surface area contributed by atoms with Gasteiger partial charge in [-0.25, -0.2) is 9.59 Å². The van der Waals surface area contributed by atoms with Gasteiger partial charge in [0.1, 0.15) is 17.4 Å². The number of hydrogen-bond acceptors (Lipinski definition) is 7. The third-order valence-corrected chi connectivity index (χ3v) is 4.07. The summed E-state index contributed by atoms with van der Waals surface area (Å²) in [6.45, 7) is 0. The molecule has 0 fully saturated rings. The van der Waals surface area contributed by atoms with Crippen molar-refractivity contribution in [1.82, 2.24) is 0 Å². The molecule has 0 amide bonds. The van der Waals surface area contributed by atoms with E-state index in [0.29, 0.717) is 0 Å². The van der Waals surface area contributed by atoms with Crippen LogP contribution in [0.5, 0.6) is 11.5 Å². The van der Waals surface area contributed by atoms with Crippen LogP contribution in [0, 0.1) is 0 Å². The van der Waals surface area contributed by atoms with E-state index >= 15 is 0 Å². The Morgan fingerprint density at radius 2 is 1.00 bits per heavy atom. The Balaban J connectivity index is 2.60. The molecule has 2 rings (SSSR count). The van der Waals surface area contributed by atoms with E-state index in [1.807, 2.05) is 0 Å². The average Bonchev–Trinajstić information content (AvgIpc) is 2.62. The Hall–Kier alpha value is -3.63. The normalized spacial score (nSPS) is 14.1. The maximum absolute atomic E-state index is 11.8. The molecule has 2 aromatic rings. The van der Waals surface area contributed by atoms with Gasteiger partial charge in [0.2, 0.25) is 0 Å². The molecular formula is C18H16O10. The molecule has 28 heavy (non-hydrogen) atoms. The number of hydrogen-bond donors (Lipinski definition) is 7. The Bertz CT molecular complexity index is 866. The van der Waals surface area contributed by atoms with Crippen LogP contribution in [0.2, 0.25) is 0 Å². The van der Waals surface area contributed by atoms with Gasteiger partial charge in [-0.05, 0) is 35.4 Å². The van der Waals surface area contributed by atoms with Crippen LogP contribution in [0.15, 0.2) is 36.4 Å². The summed E-state index contributed by atoms with van der Waals surface area (Å²) >= 11 is 0. The van der Waals surface area contributed by atoms with E-state index in [4.69, 9.17) is 10.2 Å². The predicted octanol–water partition coefficient (Wildman–Crippen LogP) is 0.550. The van der Waals surface area contributed by atoms with Crippen LogP contribution in [-0.2, 0) is 14.4 Å². The lowest BCUT2D eigenvalue weighted by molar-refractivity contribution is -0.147. The van der Waals surface area contributed by atoms with Crippen LogP contribution in [0.4, 0.5) is 0 Å². The summed E-state index contributed by atoms with van der Waals surface area (Å²) in [7, 11) is 0. The van der Waals surface area contributed by atoms with Crippen molar-refractivity contribution in [3.05, 3.63) is 58.7 Å². The van der Waals surface area contributed by atoms with Crippen LogP contribution in [0.1, 0.15) is 40.4 Å². The zero-order chi connectivity index (χ0) is 21.2. The molecule has 0 bridgehead atoms. The monoisotopic (exact) mass is 392 g/mol. The minimum Gasteiger partial charge on any atom is -0.508 e. The van der Waals surface area contributed by atoms with E-state index in [9.17, 15) is 39.9 Å². The second kappa shape index (κ2) is 7.94. The number of carbonyl (C=O) groups is 3. The number of phenols is 2. The first-order valence-electron chi connectivity index (χ1n) is 7.74. The largest absolute Gasteiger partial charge is 0.508 e. The minimum atomic E-state index is -2.10. The van der Waals surface area contributed by atoms with Crippen molar-refractivity contribution in [2.45, 2.75) is 18.1 Å². The molecule has 2 aromatic carbocycles. The van der Waals surface area contributed by atoms with Crippen molar-refractivity contribution in [1.29, 1.82) is 0 Å². The van der Waals surface area contributed by atoms with E-state index in [2.05, 4.69) is 0 Å². The van der Waals surface area contributed by atoms with Gasteiger partial charge in [-0.3, -0.25) is 4.79 Å². The molecule has 0 heterocycles. The zero-order valence-electron chi connectivity index (χ0n) is 14.1. The first kappa shape index (κ1) is 20.7. The van der Waals surface area contributed by atoms with E-state index in [0.717, 1.165) is 24.3 Å². The molecule has 0 aromatic heterocycles. The molecule has 0 saturated carbocycles. The molecule has 2 unspecified atom stereocenters. The highest BCUT2D eigenvalue weighted by atomic mass is 16.4. The lowest BCUT2D eigenvalue weighted by Crippen LogP contribution is -2.17. The highest BCUT2D eigenvalue weighted by Crippen LogP contribution is 2.35. The molecule has 0 spiro atoms. The smallest absolute Gasteiger partial charge is 0.337 e. The van der Waals surface area contributed by atoms with Crippen LogP contribution in [0.3, 0.4) is 0 Å². The summed E-state index contributed by atoms with van der Waals surface area (Å²) in [6, 6.07) is 6.39. The van der Waals surface area contributed by atoms with E-state index in [-0.39, 0.29) is 11.1 Å². The van der Waals surface area contributed by atoms with Gasteiger partial charge in [0.15, 0.2) is 12.2 Å². The second-order valence-electron chi connectivity index (χ2n) is 5.89. The van der Waals surface area contributed by atoms with Crippen molar-refractivity contribution >= 4 is 17.9 Å². The van der Waals surface area contributed by atoms with Gasteiger partial charge in [-0.1, -0.05) is 12.1 Å². The molecule has 0 radical (unpaired) electrons. The topological polar surface area (TPSA) is 193 Å². The van der Waals surface area contributed by atoms with Crippen LogP contribution in [-0.4, -0.2) is 53.7 Å². The van der Waals surface area contributed by atoms with Gasteiger partial charge < -0.3 is 35.7 Å². The fourth-order valence-electron chi connectivity index (χ4n) is 2.69. The number of aromatic hydroxyl groups is 2. The van der Waals surface area contributed by atoms with E-state index in [1.54, 1.807) is 0 Å². The molecule has 0 aliphatic heterocycles. The van der Waals surface area contributed by atoms with Gasteiger partial charge >= 0.3 is 17.9 Å². The zero-order valence-corrected chi connectivity index (χ0v) is 14.1. The van der Waals surface area contributed by atoms with E-state index in [1.165, 1.54) is 12.1 Å². The maximum atomic E-state index is 11.8. The Morgan fingerprint density at radius 3 is 1.29 bits per heavy atom. The fraction of sp³-hybridized carbons (Fsp3) is 0.167. The number of aliphatic hydroxyl groups excluding tert-OH is 2. The summed E-state index contributed by atoms with van der Waals surface area (Å²) in [5, 5.41) is 66.3. The first-order valence-corrected chi connectivity index (χ1v) is 7.74. The van der Waals surface area contributed by atoms with Gasteiger partial charge in [0, 0.05) is 11.1 Å². The molecule has 0 saturated heterocycles. The third-order valence-electron chi connectivity index (χ3n) is 4.07. The second-order valence-corrected chi connectivity index (χ2v) is 5.89. The number of carboxylic acids is 3. The predicted molar refractivity (Wildman–Crippen MR) is 90.9 cm³/mol. The summed E-state index contributed by atoms with van der Waals surface area (Å²) in [6.07, 6.45) is -4.20. The molecule has 10 heteroatoms. The first-order chi connectivity index (χ1) is 13.0. The SMILES string of the molecule is O=C(O)C(O)c1cc(C(C(=O)O)c2ccc(O)c(C(O)C(=O)O)c2)ccc1O. The van der Waals surface area contributed by atoms with Crippen molar-refractivity contribution in [3.63, 3.8) is 0 Å². The van der Waals surface area contributed by atoms with E-state index < -0.39 is 58.7 Å². The number of phenolic OH excluding ortho intramolecular Hbond substituents is 2. The lowest BCUT2D eigenvalue weighted by atomic mass is 9.88. The number of aliphatic hydroxyl groups is 2. The number of aliphatic carboxylic acids is 3. The van der Waals surface area contributed by atoms with Crippen molar-refractivity contribution in [2.75, 3.05) is 0 Å². The molecule has 2 atom stereocenters. The summed E-state index contributed by atoms with van der Waals surface area (Å²) in [5.41, 5.74) is -0.911. The summed E-state index contributed by atoms with van der Waals surface area (Å²) in [4.78, 5) is 33.8. The molecule has 10 nitrogen and oxygen atoms in total. The standard InChI is InChI=1S/C18H16O10/c19-11-3-1-7(5-9(11)14(21)17(25)26)13(16(23)24)8-2-4-12(20)10(6-8)15(22)18(27)28/h1-6,13-15,19-22H,(H,23,24)(H,25,26)(H,27,28). The highest BCUT2D eigenvalue weighted by molar-refractivity contribution is 5.82. The van der Waals surface area contributed by atoms with Crippen molar-refractivity contribution < 1.29 is 50.1 Å². The number of rotatable bonds is 7. The summed E-state index contributed by atoms with van der Waals surface area (Å²) < 4.78 is 0. The van der Waals surface area contributed by atoms with Crippen LogP contribution >= 0.6 is 0 Å². The Morgan fingerprint density at radius 1 is 0.643 bits per heavy atom. The third kappa shape index (κ3) is 4.03. The quantitative estimate of drug-likeness (QED) is 0.350. The lowest BCUT2D eigenvalue weighted by Gasteiger charge is -2.18. The average molecular weight is 392 g/mol. The van der Waals surface area contributed by atoms with Crippen molar-refractivity contribution in [3.8, 4) is 11.5 Å². The molecule has 0 aliphatic carbocycles. The highest BCUT2D eigenvalue weighted by Gasteiger charge is 2.28. The molecule has 7 N–H and O–H groups in total. The Kier molecular flexibility index (Phi) is 5.87.